The number of allylic oxidation sites excluding steroid dienone is 2. The molecule has 0 fully saturated rings. The minimum Gasteiger partial charge on any atom is -0.315 e. The third-order valence-electron chi connectivity index (χ3n) is 3.55. The van der Waals surface area contributed by atoms with Crippen molar-refractivity contribution in [2.24, 2.45) is 0 Å². The second-order valence-corrected chi connectivity index (χ2v) is 4.84. The van der Waals surface area contributed by atoms with Gasteiger partial charge in [0.15, 0.2) is 0 Å². The molecule has 0 unspecified atom stereocenters. The molecule has 0 bridgehead atoms. The number of hydrogen-bond acceptors (Lipinski definition) is 1. The quantitative estimate of drug-likeness (QED) is 0.673. The van der Waals surface area contributed by atoms with Gasteiger partial charge in [-0.1, -0.05) is 67.8 Å². The molecule has 0 amide bonds. The SMILES string of the molecule is C=Cc1ccccc1C(=C)N(/C(C)=C/C)c1ccccc1. The van der Waals surface area contributed by atoms with Crippen molar-refractivity contribution in [3.05, 3.63) is 90.7 Å². The molecule has 0 radical (unpaired) electrons. The van der Waals surface area contributed by atoms with E-state index in [9.17, 15) is 0 Å². The minimum atomic E-state index is 0.951. The van der Waals surface area contributed by atoms with E-state index in [1.54, 1.807) is 0 Å². The first-order valence-corrected chi connectivity index (χ1v) is 7.08. The van der Waals surface area contributed by atoms with Crippen molar-refractivity contribution in [1.29, 1.82) is 0 Å². The normalized spacial score (nSPS) is 11.0. The second kappa shape index (κ2) is 6.76. The van der Waals surface area contributed by atoms with E-state index >= 15 is 0 Å². The van der Waals surface area contributed by atoms with Gasteiger partial charge in [0.1, 0.15) is 0 Å². The van der Waals surface area contributed by atoms with Gasteiger partial charge in [0.05, 0.1) is 0 Å². The summed E-state index contributed by atoms with van der Waals surface area (Å²) in [5.74, 6) is 0. The first-order chi connectivity index (χ1) is 10.2. The van der Waals surface area contributed by atoms with Crippen molar-refractivity contribution in [3.63, 3.8) is 0 Å². The zero-order chi connectivity index (χ0) is 15.2. The average Bonchev–Trinajstić information content (AvgIpc) is 2.55. The van der Waals surface area contributed by atoms with E-state index in [1.807, 2.05) is 43.3 Å². The molecule has 2 aromatic carbocycles. The van der Waals surface area contributed by atoms with Gasteiger partial charge in [-0.05, 0) is 31.5 Å². The van der Waals surface area contributed by atoms with Crippen LogP contribution in [0.15, 0.2) is 79.5 Å². The molecule has 1 heteroatoms. The highest BCUT2D eigenvalue weighted by atomic mass is 15.1. The fourth-order valence-electron chi connectivity index (χ4n) is 2.34. The molecule has 0 aliphatic heterocycles. The number of rotatable bonds is 5. The molecule has 0 heterocycles. The van der Waals surface area contributed by atoms with Crippen LogP contribution in [0.3, 0.4) is 0 Å². The van der Waals surface area contributed by atoms with Crippen molar-refractivity contribution in [2.75, 3.05) is 4.90 Å². The van der Waals surface area contributed by atoms with E-state index in [-0.39, 0.29) is 0 Å². The summed E-state index contributed by atoms with van der Waals surface area (Å²) in [5, 5.41) is 0. The zero-order valence-corrected chi connectivity index (χ0v) is 12.7. The smallest absolute Gasteiger partial charge is 0.0464 e. The fourth-order valence-corrected chi connectivity index (χ4v) is 2.34. The lowest BCUT2D eigenvalue weighted by atomic mass is 10.0. The minimum absolute atomic E-state index is 0.951. The first kappa shape index (κ1) is 14.9. The van der Waals surface area contributed by atoms with Gasteiger partial charge in [0.25, 0.3) is 0 Å². The fraction of sp³-hybridized carbons (Fsp3) is 0.100. The molecule has 106 valence electrons. The first-order valence-electron chi connectivity index (χ1n) is 7.08. The van der Waals surface area contributed by atoms with Crippen molar-refractivity contribution < 1.29 is 0 Å². The summed E-state index contributed by atoms with van der Waals surface area (Å²) in [6.45, 7) is 12.3. The molecule has 0 aliphatic rings. The molecule has 0 N–H and O–H groups in total. The van der Waals surface area contributed by atoms with E-state index in [0.717, 1.165) is 28.2 Å². The van der Waals surface area contributed by atoms with Crippen molar-refractivity contribution >= 4 is 17.5 Å². The molecule has 0 aliphatic carbocycles. The van der Waals surface area contributed by atoms with Crippen LogP contribution in [0.2, 0.25) is 0 Å². The van der Waals surface area contributed by atoms with E-state index in [1.165, 1.54) is 0 Å². The third-order valence-corrected chi connectivity index (χ3v) is 3.55. The van der Waals surface area contributed by atoms with Gasteiger partial charge in [-0.15, -0.1) is 0 Å². The van der Waals surface area contributed by atoms with Crippen molar-refractivity contribution in [1.82, 2.24) is 0 Å². The summed E-state index contributed by atoms with van der Waals surface area (Å²) in [6, 6.07) is 18.5. The Morgan fingerprint density at radius 2 is 1.62 bits per heavy atom. The largest absolute Gasteiger partial charge is 0.315 e. The topological polar surface area (TPSA) is 3.24 Å². The second-order valence-electron chi connectivity index (χ2n) is 4.84. The molecule has 0 atom stereocenters. The van der Waals surface area contributed by atoms with E-state index in [2.05, 4.69) is 55.3 Å². The number of anilines is 1. The number of benzene rings is 2. The number of hydrogen-bond donors (Lipinski definition) is 0. The summed E-state index contributed by atoms with van der Waals surface area (Å²) < 4.78 is 0. The van der Waals surface area contributed by atoms with Crippen LogP contribution in [0.4, 0.5) is 5.69 Å². The van der Waals surface area contributed by atoms with Gasteiger partial charge < -0.3 is 4.90 Å². The van der Waals surface area contributed by atoms with E-state index < -0.39 is 0 Å². The maximum atomic E-state index is 4.32. The Labute approximate surface area is 127 Å². The van der Waals surface area contributed by atoms with Gasteiger partial charge in [-0.2, -0.15) is 0 Å². The van der Waals surface area contributed by atoms with Gasteiger partial charge in [0.2, 0.25) is 0 Å². The molecule has 21 heavy (non-hydrogen) atoms. The standard InChI is InChI=1S/C20H21N/c1-5-16(3)21(19-13-8-7-9-14-19)17(4)20-15-11-10-12-18(20)6-2/h5-15H,2,4H2,1,3H3/b16-5+. The number of nitrogens with zero attached hydrogens (tertiary/aromatic N) is 1. The van der Waals surface area contributed by atoms with Crippen molar-refractivity contribution in [2.45, 2.75) is 13.8 Å². The molecule has 0 spiro atoms. The van der Waals surface area contributed by atoms with Gasteiger partial charge in [0, 0.05) is 22.6 Å². The molecule has 1 nitrogen and oxygen atoms in total. The summed E-state index contributed by atoms with van der Waals surface area (Å²) in [6.07, 6.45) is 3.96. The van der Waals surface area contributed by atoms with Crippen LogP contribution in [0, 0.1) is 0 Å². The van der Waals surface area contributed by atoms with Crippen molar-refractivity contribution in [3.8, 4) is 0 Å². The lowest BCUT2D eigenvalue weighted by Gasteiger charge is -2.28. The third kappa shape index (κ3) is 3.14. The maximum absolute atomic E-state index is 4.32. The monoisotopic (exact) mass is 275 g/mol. The Hall–Kier alpha value is -2.54. The molecule has 2 aromatic rings. The summed E-state index contributed by atoms with van der Waals surface area (Å²) in [7, 11) is 0. The van der Waals surface area contributed by atoms with E-state index in [0.29, 0.717) is 0 Å². The van der Waals surface area contributed by atoms with Gasteiger partial charge in [-0.25, -0.2) is 0 Å². The molecule has 0 saturated heterocycles. The van der Waals surface area contributed by atoms with Gasteiger partial charge >= 0.3 is 0 Å². The maximum Gasteiger partial charge on any atom is 0.0464 e. The molecular formula is C20H21N. The van der Waals surface area contributed by atoms with Crippen LogP contribution in [-0.4, -0.2) is 0 Å². The highest BCUT2D eigenvalue weighted by Gasteiger charge is 2.15. The highest BCUT2D eigenvalue weighted by Crippen LogP contribution is 2.30. The predicted molar refractivity (Wildman–Crippen MR) is 93.9 cm³/mol. The van der Waals surface area contributed by atoms with Crippen LogP contribution in [0.5, 0.6) is 0 Å². The number of para-hydroxylation sites is 1. The molecular weight excluding hydrogens is 254 g/mol. The molecule has 0 saturated carbocycles. The van der Waals surface area contributed by atoms with Crippen LogP contribution < -0.4 is 4.90 Å². The van der Waals surface area contributed by atoms with Crippen LogP contribution in [0.1, 0.15) is 25.0 Å². The zero-order valence-electron chi connectivity index (χ0n) is 12.7. The Balaban J connectivity index is 2.52. The van der Waals surface area contributed by atoms with Crippen LogP contribution >= 0.6 is 0 Å². The van der Waals surface area contributed by atoms with Crippen LogP contribution in [-0.2, 0) is 0 Å². The highest BCUT2D eigenvalue weighted by molar-refractivity contribution is 5.84. The summed E-state index contributed by atoms with van der Waals surface area (Å²) in [5.41, 5.74) is 5.39. The lowest BCUT2D eigenvalue weighted by Crippen LogP contribution is -2.19. The summed E-state index contributed by atoms with van der Waals surface area (Å²) in [4.78, 5) is 2.17. The average molecular weight is 275 g/mol. The Kier molecular flexibility index (Phi) is 4.78. The van der Waals surface area contributed by atoms with Crippen LogP contribution in [0.25, 0.3) is 11.8 Å². The predicted octanol–water partition coefficient (Wildman–Crippen LogP) is 5.73. The van der Waals surface area contributed by atoms with E-state index in [4.69, 9.17) is 0 Å². The molecule has 0 aromatic heterocycles. The lowest BCUT2D eigenvalue weighted by molar-refractivity contribution is 1.16. The molecule has 2 rings (SSSR count). The Bertz CT molecular complexity index is 665. The Morgan fingerprint density at radius 1 is 1.00 bits per heavy atom. The van der Waals surface area contributed by atoms with Gasteiger partial charge in [-0.3, -0.25) is 0 Å². The Morgan fingerprint density at radius 3 is 2.24 bits per heavy atom. The summed E-state index contributed by atoms with van der Waals surface area (Å²) >= 11 is 0.